The molecule has 0 radical (unpaired) electrons. The molecule has 0 saturated carbocycles. The maximum atomic E-state index is 6.40. The van der Waals surface area contributed by atoms with E-state index in [1.807, 2.05) is 0 Å². The molecule has 5 aromatic carbocycles. The second kappa shape index (κ2) is 10.9. The lowest BCUT2D eigenvalue weighted by Gasteiger charge is -2.29. The third kappa shape index (κ3) is 4.34. The Kier molecular flexibility index (Phi) is 6.18. The number of hydrogen-bond donors (Lipinski definition) is 0. The van der Waals surface area contributed by atoms with Crippen molar-refractivity contribution >= 4 is 65.7 Å². The van der Waals surface area contributed by atoms with Crippen molar-refractivity contribution < 1.29 is 13.6 Å². The molecule has 0 aliphatic carbocycles. The van der Waals surface area contributed by atoms with E-state index in [0.717, 1.165) is 46.9 Å². The van der Waals surface area contributed by atoms with Gasteiger partial charge in [-0.1, -0.05) is 75.4 Å². The molecule has 4 nitrogen and oxygen atoms in total. The minimum absolute atomic E-state index is 0.0745. The summed E-state index contributed by atoms with van der Waals surface area (Å²) in [7, 11) is 0. The number of fused-ring (bicyclic) bond motifs is 18. The van der Waals surface area contributed by atoms with E-state index in [-0.39, 0.29) is 17.4 Å². The number of benzene rings is 5. The second-order valence-electron chi connectivity index (χ2n) is 17.2. The summed E-state index contributed by atoms with van der Waals surface area (Å²) >= 11 is 0. The topological polar surface area (TPSA) is 25.3 Å². The van der Waals surface area contributed by atoms with Crippen LogP contribution in [0.1, 0.15) is 55.8 Å². The third-order valence-electron chi connectivity index (χ3n) is 12.7. The first-order valence-corrected chi connectivity index (χ1v) is 19.7. The minimum Gasteiger partial charge on any atom is -0.456 e. The Morgan fingerprint density at radius 1 is 0.673 bits per heavy atom. The van der Waals surface area contributed by atoms with Gasteiger partial charge in [0, 0.05) is 62.1 Å². The lowest BCUT2D eigenvalue weighted by molar-refractivity contribution is -0.727. The number of furan rings is 1. The summed E-state index contributed by atoms with van der Waals surface area (Å²) in [5, 5.41) is 7.40. The number of aromatic nitrogens is 3. The molecule has 10 aromatic rings. The molecule has 0 N–H and O–H groups in total. The number of pyridine rings is 2. The summed E-state index contributed by atoms with van der Waals surface area (Å²) in [6.45, 7) is 12.0. The highest BCUT2D eigenvalue weighted by atomic mass is 16.3. The average molecular weight is 712 g/mol. The van der Waals surface area contributed by atoms with Gasteiger partial charge in [0.15, 0.2) is 12.4 Å². The second-order valence-corrected chi connectivity index (χ2v) is 17.2. The zero-order valence-corrected chi connectivity index (χ0v) is 31.4. The minimum atomic E-state index is 0.0745. The van der Waals surface area contributed by atoms with Crippen LogP contribution in [0.25, 0.3) is 88.2 Å². The number of para-hydroxylation sites is 2. The van der Waals surface area contributed by atoms with Crippen molar-refractivity contribution in [3.63, 3.8) is 0 Å². The van der Waals surface area contributed by atoms with Gasteiger partial charge in [-0.05, 0) is 90.4 Å². The Balaban J connectivity index is 1.16. The molecular formula is C51H41N3O+2. The lowest BCUT2D eigenvalue weighted by atomic mass is 9.78. The standard InChI is InChI=1S/C51H41N3O/c1-30-49-38(33-12-5-6-13-34(33)43-17-9-10-22-53(43)49)20-19-32-25-45-40(26-39(32)44-24-31(21-23-52(30)44)29-51(2,3)4)36-15-11-16-37-41-28-48-42(27-46(41)54(45)50(36)37)35-14-7-8-18-47(35)55-48/h5-18,21-28,38,49H,1,19-20,29H2,2-4H3/q+2. The maximum Gasteiger partial charge on any atom is 0.249 e. The van der Waals surface area contributed by atoms with Crippen LogP contribution in [0, 0.1) is 5.41 Å². The van der Waals surface area contributed by atoms with E-state index >= 15 is 0 Å². The van der Waals surface area contributed by atoms with Gasteiger partial charge in [-0.3, -0.25) is 0 Å². The highest BCUT2D eigenvalue weighted by Crippen LogP contribution is 2.47. The fourth-order valence-electron chi connectivity index (χ4n) is 10.5. The fourth-order valence-corrected chi connectivity index (χ4v) is 10.5. The van der Waals surface area contributed by atoms with Crippen molar-refractivity contribution in [1.29, 1.82) is 0 Å². The zero-order valence-electron chi connectivity index (χ0n) is 31.4. The van der Waals surface area contributed by atoms with Gasteiger partial charge >= 0.3 is 0 Å². The summed E-state index contributed by atoms with van der Waals surface area (Å²) in [6.07, 6.45) is 7.53. The van der Waals surface area contributed by atoms with Crippen molar-refractivity contribution in [2.24, 2.45) is 5.41 Å². The molecule has 0 fully saturated rings. The highest BCUT2D eigenvalue weighted by Gasteiger charge is 2.46. The van der Waals surface area contributed by atoms with Crippen LogP contribution in [0.5, 0.6) is 0 Å². The Bertz CT molecular complexity index is 3260. The van der Waals surface area contributed by atoms with Crippen molar-refractivity contribution in [3.05, 3.63) is 157 Å². The molecule has 2 aliphatic heterocycles. The lowest BCUT2D eigenvalue weighted by Crippen LogP contribution is -2.53. The van der Waals surface area contributed by atoms with Crippen LogP contribution in [0.2, 0.25) is 0 Å². The largest absolute Gasteiger partial charge is 0.456 e. The molecule has 7 heterocycles. The van der Waals surface area contributed by atoms with Gasteiger partial charge in [-0.25, -0.2) is 0 Å². The van der Waals surface area contributed by atoms with E-state index < -0.39 is 0 Å². The molecule has 4 heteroatoms. The Labute approximate surface area is 319 Å². The molecule has 2 atom stereocenters. The molecule has 55 heavy (non-hydrogen) atoms. The van der Waals surface area contributed by atoms with Gasteiger partial charge < -0.3 is 8.82 Å². The van der Waals surface area contributed by atoms with Gasteiger partial charge in [-0.2, -0.15) is 9.13 Å². The summed E-state index contributed by atoms with van der Waals surface area (Å²) in [5.74, 6) is 0.261. The Morgan fingerprint density at radius 3 is 2.31 bits per heavy atom. The smallest absolute Gasteiger partial charge is 0.249 e. The van der Waals surface area contributed by atoms with Crippen LogP contribution in [-0.2, 0) is 12.8 Å². The molecular weight excluding hydrogens is 671 g/mol. The van der Waals surface area contributed by atoms with Crippen LogP contribution < -0.4 is 9.13 Å². The van der Waals surface area contributed by atoms with E-state index in [0.29, 0.717) is 0 Å². The number of allylic oxidation sites excluding steroid dienone is 1. The molecule has 0 bridgehead atoms. The van der Waals surface area contributed by atoms with E-state index in [1.165, 1.54) is 77.3 Å². The Hall–Kier alpha value is -6.26. The van der Waals surface area contributed by atoms with Gasteiger partial charge in [0.05, 0.1) is 28.0 Å². The highest BCUT2D eigenvalue weighted by molar-refractivity contribution is 6.25. The van der Waals surface area contributed by atoms with E-state index in [1.54, 1.807) is 0 Å². The third-order valence-corrected chi connectivity index (χ3v) is 12.7. The number of aryl methyl sites for hydroxylation is 1. The quantitative estimate of drug-likeness (QED) is 0.156. The van der Waals surface area contributed by atoms with Gasteiger partial charge in [0.25, 0.3) is 0 Å². The summed E-state index contributed by atoms with van der Waals surface area (Å²) in [5.41, 5.74) is 16.2. The summed E-state index contributed by atoms with van der Waals surface area (Å²) < 4.78 is 13.9. The molecule has 2 unspecified atom stereocenters. The number of hydrogen-bond acceptors (Lipinski definition) is 1. The van der Waals surface area contributed by atoms with E-state index in [9.17, 15) is 0 Å². The fraction of sp³-hybridized carbons (Fsp3) is 0.176. The van der Waals surface area contributed by atoms with Crippen molar-refractivity contribution in [2.45, 2.75) is 52.0 Å². The predicted octanol–water partition coefficient (Wildman–Crippen LogP) is 12.0. The maximum absolute atomic E-state index is 6.40. The van der Waals surface area contributed by atoms with Crippen LogP contribution in [-0.4, -0.2) is 4.40 Å². The van der Waals surface area contributed by atoms with Crippen molar-refractivity contribution in [2.75, 3.05) is 0 Å². The first-order valence-electron chi connectivity index (χ1n) is 19.7. The zero-order chi connectivity index (χ0) is 36.7. The predicted molar refractivity (Wildman–Crippen MR) is 225 cm³/mol. The molecule has 0 saturated heterocycles. The van der Waals surface area contributed by atoms with Crippen LogP contribution in [0.4, 0.5) is 0 Å². The first-order chi connectivity index (χ1) is 26.8. The van der Waals surface area contributed by atoms with Gasteiger partial charge in [-0.15, -0.1) is 0 Å². The van der Waals surface area contributed by atoms with E-state index in [2.05, 4.69) is 168 Å². The molecule has 0 spiro atoms. The van der Waals surface area contributed by atoms with Crippen molar-refractivity contribution in [3.8, 4) is 22.5 Å². The summed E-state index contributed by atoms with van der Waals surface area (Å²) in [4.78, 5) is 0. The van der Waals surface area contributed by atoms with Crippen molar-refractivity contribution in [1.82, 2.24) is 4.40 Å². The Morgan fingerprint density at radius 2 is 1.44 bits per heavy atom. The molecule has 0 amide bonds. The number of rotatable bonds is 1. The SMILES string of the molecule is C=C1C2C(CCc3cc4c(cc3-c3cc(CC(C)(C)C)cc[n+]31)c1cccc3c5cc6oc7ccccc7c6cc5n4c13)c1ccccc1-c1cccc[n+]12. The van der Waals surface area contributed by atoms with Crippen LogP contribution >= 0.6 is 0 Å². The average Bonchev–Trinajstić information content (AvgIpc) is 3.84. The number of nitrogens with zero attached hydrogens (tertiary/aromatic N) is 3. The van der Waals surface area contributed by atoms with Crippen LogP contribution in [0.3, 0.4) is 0 Å². The van der Waals surface area contributed by atoms with Gasteiger partial charge in [0.2, 0.25) is 23.1 Å². The first kappa shape index (κ1) is 31.1. The van der Waals surface area contributed by atoms with Gasteiger partial charge in [0.1, 0.15) is 11.2 Å². The molecule has 2 aliphatic rings. The molecule has 12 rings (SSSR count). The van der Waals surface area contributed by atoms with Crippen LogP contribution in [0.15, 0.2) is 145 Å². The monoisotopic (exact) mass is 711 g/mol. The molecule has 5 aromatic heterocycles. The normalized spacial score (nSPS) is 17.0. The molecule has 264 valence electrons. The van der Waals surface area contributed by atoms with E-state index in [4.69, 9.17) is 11.0 Å². The summed E-state index contributed by atoms with van der Waals surface area (Å²) in [6, 6.07) is 45.4.